The first-order valence-electron chi connectivity index (χ1n) is 6.79. The summed E-state index contributed by atoms with van der Waals surface area (Å²) in [5, 5.41) is 0. The third-order valence-electron chi connectivity index (χ3n) is 3.64. The van der Waals surface area contributed by atoms with E-state index in [0.717, 1.165) is 36.0 Å². The molecule has 2 N–H and O–H groups in total. The molecule has 0 aliphatic carbocycles. The average Bonchev–Trinajstić information content (AvgIpc) is 2.66. The lowest BCUT2D eigenvalue weighted by atomic mass is 10.2. The molecule has 0 bridgehead atoms. The van der Waals surface area contributed by atoms with Crippen molar-refractivity contribution in [3.05, 3.63) is 12.1 Å². The van der Waals surface area contributed by atoms with E-state index in [1.807, 2.05) is 12.1 Å². The molecule has 0 spiro atoms. The molecule has 0 amide bonds. The molecule has 1 saturated heterocycles. The Kier molecular flexibility index (Phi) is 3.17. The van der Waals surface area contributed by atoms with Gasteiger partial charge in [0.15, 0.2) is 11.5 Å². The third kappa shape index (κ3) is 2.19. The van der Waals surface area contributed by atoms with Crippen LogP contribution in [0.2, 0.25) is 0 Å². The third-order valence-corrected chi connectivity index (χ3v) is 3.64. The second-order valence-corrected chi connectivity index (χ2v) is 4.96. The summed E-state index contributed by atoms with van der Waals surface area (Å²) >= 11 is 0. The Balaban J connectivity index is 1.90. The molecule has 18 heavy (non-hydrogen) atoms. The maximum atomic E-state index is 6.15. The summed E-state index contributed by atoms with van der Waals surface area (Å²) in [7, 11) is 0. The fourth-order valence-electron chi connectivity index (χ4n) is 2.68. The number of benzene rings is 1. The zero-order chi connectivity index (χ0) is 12.4. The molecule has 1 aromatic carbocycles. The molecule has 2 aliphatic rings. The van der Waals surface area contributed by atoms with Crippen molar-refractivity contribution in [2.45, 2.75) is 25.7 Å². The zero-order valence-corrected chi connectivity index (χ0v) is 10.7. The molecule has 2 aliphatic heterocycles. The van der Waals surface area contributed by atoms with Crippen molar-refractivity contribution in [2.75, 3.05) is 36.9 Å². The number of fused-ring (bicyclic) bond motifs is 1. The molecule has 1 aromatic rings. The largest absolute Gasteiger partial charge is 0.486 e. The van der Waals surface area contributed by atoms with E-state index in [1.165, 1.54) is 25.7 Å². The fraction of sp³-hybridized carbons (Fsp3) is 0.571. The second-order valence-electron chi connectivity index (χ2n) is 4.96. The lowest BCUT2D eigenvalue weighted by molar-refractivity contribution is 0.172. The van der Waals surface area contributed by atoms with Gasteiger partial charge in [-0.25, -0.2) is 0 Å². The predicted molar refractivity (Wildman–Crippen MR) is 72.5 cm³/mol. The highest BCUT2D eigenvalue weighted by atomic mass is 16.6. The molecule has 4 nitrogen and oxygen atoms in total. The van der Waals surface area contributed by atoms with Gasteiger partial charge in [0.25, 0.3) is 0 Å². The molecule has 0 unspecified atom stereocenters. The van der Waals surface area contributed by atoms with Gasteiger partial charge < -0.3 is 20.1 Å². The topological polar surface area (TPSA) is 47.7 Å². The van der Waals surface area contributed by atoms with E-state index < -0.39 is 0 Å². The minimum absolute atomic E-state index is 0.607. The number of rotatable bonds is 1. The van der Waals surface area contributed by atoms with Crippen molar-refractivity contribution >= 4 is 11.4 Å². The van der Waals surface area contributed by atoms with Gasteiger partial charge in [0.1, 0.15) is 13.2 Å². The van der Waals surface area contributed by atoms with Crippen molar-refractivity contribution in [1.82, 2.24) is 0 Å². The summed E-state index contributed by atoms with van der Waals surface area (Å²) in [6.45, 7) is 3.40. The van der Waals surface area contributed by atoms with Crippen molar-refractivity contribution in [2.24, 2.45) is 0 Å². The fourth-order valence-corrected chi connectivity index (χ4v) is 2.68. The van der Waals surface area contributed by atoms with Gasteiger partial charge in [-0.2, -0.15) is 0 Å². The molecule has 3 rings (SSSR count). The molecule has 0 saturated carbocycles. The van der Waals surface area contributed by atoms with Gasteiger partial charge in [0, 0.05) is 25.2 Å². The normalized spacial score (nSPS) is 19.4. The smallest absolute Gasteiger partial charge is 0.163 e. The van der Waals surface area contributed by atoms with Crippen LogP contribution in [0.5, 0.6) is 11.5 Å². The number of anilines is 2. The van der Waals surface area contributed by atoms with E-state index in [-0.39, 0.29) is 0 Å². The van der Waals surface area contributed by atoms with Crippen LogP contribution in [-0.4, -0.2) is 26.3 Å². The van der Waals surface area contributed by atoms with Crippen molar-refractivity contribution in [1.29, 1.82) is 0 Å². The van der Waals surface area contributed by atoms with Crippen molar-refractivity contribution in [3.63, 3.8) is 0 Å². The van der Waals surface area contributed by atoms with Crippen molar-refractivity contribution in [3.8, 4) is 11.5 Å². The highest BCUT2D eigenvalue weighted by Gasteiger charge is 2.18. The highest BCUT2D eigenvalue weighted by Crippen LogP contribution is 2.39. The molecule has 0 aromatic heterocycles. The molecular weight excluding hydrogens is 228 g/mol. The summed E-state index contributed by atoms with van der Waals surface area (Å²) < 4.78 is 11.2. The maximum absolute atomic E-state index is 6.15. The lowest BCUT2D eigenvalue weighted by Crippen LogP contribution is -2.25. The van der Waals surface area contributed by atoms with E-state index in [9.17, 15) is 0 Å². The van der Waals surface area contributed by atoms with E-state index in [0.29, 0.717) is 13.2 Å². The summed E-state index contributed by atoms with van der Waals surface area (Å²) in [6, 6.07) is 3.93. The van der Waals surface area contributed by atoms with Gasteiger partial charge >= 0.3 is 0 Å². The van der Waals surface area contributed by atoms with Gasteiger partial charge in [-0.05, 0) is 12.8 Å². The summed E-state index contributed by atoms with van der Waals surface area (Å²) in [5.74, 6) is 1.60. The Labute approximate surface area is 108 Å². The van der Waals surface area contributed by atoms with E-state index >= 15 is 0 Å². The van der Waals surface area contributed by atoms with Gasteiger partial charge in [0.05, 0.1) is 11.4 Å². The quantitative estimate of drug-likeness (QED) is 0.775. The molecular formula is C14H20N2O2. The number of hydrogen-bond acceptors (Lipinski definition) is 4. The molecule has 2 heterocycles. The first-order chi connectivity index (χ1) is 8.84. The highest BCUT2D eigenvalue weighted by molar-refractivity contribution is 5.73. The van der Waals surface area contributed by atoms with Gasteiger partial charge in [-0.15, -0.1) is 0 Å². The SMILES string of the molecule is Nc1cc2c(cc1N1CCCCCC1)OCCO2. The van der Waals surface area contributed by atoms with E-state index in [4.69, 9.17) is 15.2 Å². The van der Waals surface area contributed by atoms with Crippen LogP contribution in [0, 0.1) is 0 Å². The Morgan fingerprint density at radius 1 is 0.889 bits per heavy atom. The zero-order valence-electron chi connectivity index (χ0n) is 10.7. The molecule has 1 fully saturated rings. The lowest BCUT2D eigenvalue weighted by Gasteiger charge is -2.27. The first kappa shape index (κ1) is 11.5. The molecule has 0 radical (unpaired) electrons. The minimum Gasteiger partial charge on any atom is -0.486 e. The van der Waals surface area contributed by atoms with Crippen LogP contribution in [0.1, 0.15) is 25.7 Å². The summed E-state index contributed by atoms with van der Waals surface area (Å²) in [6.07, 6.45) is 5.13. The van der Waals surface area contributed by atoms with Crippen LogP contribution in [0.25, 0.3) is 0 Å². The van der Waals surface area contributed by atoms with Crippen LogP contribution in [0.3, 0.4) is 0 Å². The van der Waals surface area contributed by atoms with Crippen LogP contribution in [0.15, 0.2) is 12.1 Å². The van der Waals surface area contributed by atoms with Gasteiger partial charge in [-0.3, -0.25) is 0 Å². The van der Waals surface area contributed by atoms with E-state index in [1.54, 1.807) is 0 Å². The Morgan fingerprint density at radius 3 is 2.17 bits per heavy atom. The Hall–Kier alpha value is -1.58. The van der Waals surface area contributed by atoms with E-state index in [2.05, 4.69) is 4.90 Å². The summed E-state index contributed by atoms with van der Waals surface area (Å²) in [4.78, 5) is 2.38. The number of ether oxygens (including phenoxy) is 2. The van der Waals surface area contributed by atoms with Gasteiger partial charge in [0.2, 0.25) is 0 Å². The second kappa shape index (κ2) is 4.96. The monoisotopic (exact) mass is 248 g/mol. The van der Waals surface area contributed by atoms with Crippen LogP contribution >= 0.6 is 0 Å². The Morgan fingerprint density at radius 2 is 1.50 bits per heavy atom. The van der Waals surface area contributed by atoms with Crippen LogP contribution in [0.4, 0.5) is 11.4 Å². The van der Waals surface area contributed by atoms with Crippen LogP contribution < -0.4 is 20.1 Å². The Bertz CT molecular complexity index is 426. The molecule has 0 atom stereocenters. The van der Waals surface area contributed by atoms with Crippen LogP contribution in [-0.2, 0) is 0 Å². The molecule has 98 valence electrons. The van der Waals surface area contributed by atoms with Gasteiger partial charge in [-0.1, -0.05) is 12.8 Å². The number of hydrogen-bond donors (Lipinski definition) is 1. The maximum Gasteiger partial charge on any atom is 0.163 e. The first-order valence-corrected chi connectivity index (χ1v) is 6.79. The average molecular weight is 248 g/mol. The number of nitrogen functional groups attached to an aromatic ring is 1. The predicted octanol–water partition coefficient (Wildman–Crippen LogP) is 2.42. The number of nitrogens with two attached hydrogens (primary N) is 1. The number of nitrogens with zero attached hydrogens (tertiary/aromatic N) is 1. The minimum atomic E-state index is 0.607. The summed E-state index contributed by atoms with van der Waals surface area (Å²) in [5.41, 5.74) is 8.04. The standard InChI is InChI=1S/C14H20N2O2/c15-11-9-13-14(18-8-7-17-13)10-12(11)16-5-3-1-2-4-6-16/h9-10H,1-8,15H2. The van der Waals surface area contributed by atoms with Crippen molar-refractivity contribution < 1.29 is 9.47 Å². The molecule has 4 heteroatoms.